The molecular formula is C10H16FN2O7P. The number of nitrogens with zero attached hydrogens (tertiary/aromatic N) is 1. The Hall–Kier alpha value is -1.06. The summed E-state index contributed by atoms with van der Waals surface area (Å²) in [6, 6.07) is -0.753. The van der Waals surface area contributed by atoms with E-state index in [1.54, 1.807) is 0 Å². The number of imide groups is 1. The largest absolute Gasteiger partial charge is 0.469 e. The molecule has 2 aliphatic heterocycles. The zero-order chi connectivity index (χ0) is 15.8. The summed E-state index contributed by atoms with van der Waals surface area (Å²) in [5.74, 6) is -0.997. The molecule has 0 aromatic rings. The number of hydrogen-bond donors (Lipinski definition) is 3. The number of ether oxygens (including phenoxy) is 1. The number of urea groups is 1. The van der Waals surface area contributed by atoms with E-state index in [9.17, 15) is 18.5 Å². The van der Waals surface area contributed by atoms with Crippen molar-refractivity contribution in [3.8, 4) is 0 Å². The van der Waals surface area contributed by atoms with Gasteiger partial charge in [-0.05, 0) is 19.8 Å². The van der Waals surface area contributed by atoms with Gasteiger partial charge in [0.15, 0.2) is 0 Å². The van der Waals surface area contributed by atoms with Crippen LogP contribution in [0.2, 0.25) is 0 Å². The first-order valence-corrected chi connectivity index (χ1v) is 7.78. The van der Waals surface area contributed by atoms with Gasteiger partial charge in [0.25, 0.3) is 5.91 Å². The number of halogens is 1. The van der Waals surface area contributed by atoms with E-state index in [2.05, 4.69) is 4.52 Å². The van der Waals surface area contributed by atoms with Crippen LogP contribution in [0.1, 0.15) is 19.8 Å². The molecule has 2 fully saturated rings. The molecule has 2 saturated heterocycles. The third-order valence-corrected chi connectivity index (χ3v) is 3.77. The summed E-state index contributed by atoms with van der Waals surface area (Å²) in [4.78, 5) is 41.2. The van der Waals surface area contributed by atoms with Crippen LogP contribution in [0.25, 0.3) is 0 Å². The van der Waals surface area contributed by atoms with E-state index in [1.165, 1.54) is 0 Å². The lowest BCUT2D eigenvalue weighted by molar-refractivity contribution is -0.138. The molecule has 9 nitrogen and oxygen atoms in total. The molecule has 0 aromatic carbocycles. The van der Waals surface area contributed by atoms with Gasteiger partial charge in [0, 0.05) is 0 Å². The van der Waals surface area contributed by atoms with Crippen molar-refractivity contribution in [1.82, 2.24) is 10.2 Å². The molecule has 0 spiro atoms. The van der Waals surface area contributed by atoms with Gasteiger partial charge >= 0.3 is 13.9 Å². The molecule has 0 saturated carbocycles. The van der Waals surface area contributed by atoms with Gasteiger partial charge in [-0.3, -0.25) is 19.5 Å². The highest BCUT2D eigenvalue weighted by atomic mass is 31.2. The number of rotatable bonds is 4. The Morgan fingerprint density at radius 3 is 2.81 bits per heavy atom. The van der Waals surface area contributed by atoms with E-state index in [-0.39, 0.29) is 6.61 Å². The van der Waals surface area contributed by atoms with Crippen LogP contribution in [-0.4, -0.2) is 57.8 Å². The van der Waals surface area contributed by atoms with E-state index in [0.717, 1.165) is 11.8 Å². The number of alkyl halides is 1. The van der Waals surface area contributed by atoms with Gasteiger partial charge in [-0.25, -0.2) is 13.8 Å². The molecule has 2 heterocycles. The first-order chi connectivity index (χ1) is 9.58. The van der Waals surface area contributed by atoms with Gasteiger partial charge in [0.05, 0.1) is 19.3 Å². The molecule has 3 N–H and O–H groups in total. The monoisotopic (exact) mass is 326 g/mol. The summed E-state index contributed by atoms with van der Waals surface area (Å²) in [5, 5.41) is 1.90. The fourth-order valence-electron chi connectivity index (χ4n) is 2.21. The normalized spacial score (nSPS) is 34.2. The topological polar surface area (TPSA) is 125 Å². The van der Waals surface area contributed by atoms with Crippen molar-refractivity contribution >= 4 is 19.8 Å². The number of phosphoric ester groups is 1. The van der Waals surface area contributed by atoms with Gasteiger partial charge < -0.3 is 14.5 Å². The van der Waals surface area contributed by atoms with Crippen molar-refractivity contribution in [2.45, 2.75) is 37.8 Å². The molecule has 0 aliphatic carbocycles. The van der Waals surface area contributed by atoms with Crippen LogP contribution in [0.5, 0.6) is 0 Å². The lowest BCUT2D eigenvalue weighted by atomic mass is 10.1. The number of carbonyl (C=O) groups excluding carboxylic acids is 2. The summed E-state index contributed by atoms with van der Waals surface area (Å²) < 4.78 is 34.3. The fourth-order valence-corrected chi connectivity index (χ4v) is 2.57. The molecule has 2 rings (SSSR count). The lowest BCUT2D eigenvalue weighted by Crippen LogP contribution is -2.63. The Morgan fingerprint density at radius 2 is 2.19 bits per heavy atom. The zero-order valence-electron chi connectivity index (χ0n) is 11.2. The predicted molar refractivity (Wildman–Crippen MR) is 65.6 cm³/mol. The maximum absolute atomic E-state index is 14.0. The minimum atomic E-state index is -4.59. The van der Waals surface area contributed by atoms with Crippen LogP contribution in [0.4, 0.5) is 9.18 Å². The third kappa shape index (κ3) is 3.98. The van der Waals surface area contributed by atoms with Gasteiger partial charge in [-0.2, -0.15) is 0 Å². The van der Waals surface area contributed by atoms with Crippen LogP contribution < -0.4 is 5.32 Å². The van der Waals surface area contributed by atoms with Gasteiger partial charge in [0.2, 0.25) is 5.67 Å². The molecule has 21 heavy (non-hydrogen) atoms. The van der Waals surface area contributed by atoms with Crippen molar-refractivity contribution in [3.63, 3.8) is 0 Å². The minimum Gasteiger partial charge on any atom is -0.353 e. The van der Waals surface area contributed by atoms with E-state index in [1.807, 2.05) is 5.32 Å². The summed E-state index contributed by atoms with van der Waals surface area (Å²) >= 11 is 0. The standard InChI is InChI=1S/C10H16FN2O7P/c1-10(11)5-13(9(15)12-8(10)14)7-3-2-6(20-7)4-19-21(16,17)18/h6-7H,2-5H2,1H3,(H,12,14,15)(H2,16,17,18)/t6-,7+,10?/m0/s1. The van der Waals surface area contributed by atoms with Crippen molar-refractivity contribution in [2.75, 3.05) is 13.2 Å². The smallest absolute Gasteiger partial charge is 0.353 e. The maximum atomic E-state index is 14.0. The average Bonchev–Trinajstić information content (AvgIpc) is 2.79. The highest BCUT2D eigenvalue weighted by molar-refractivity contribution is 7.46. The van der Waals surface area contributed by atoms with E-state index in [0.29, 0.717) is 12.8 Å². The Bertz CT molecular complexity index is 494. The number of nitrogens with one attached hydrogen (secondary N) is 1. The second-order valence-electron chi connectivity index (χ2n) is 5.16. The SMILES string of the molecule is CC1(F)CN([C@H]2CC[C@@H](COP(=O)(O)O)O2)C(=O)NC1=O. The van der Waals surface area contributed by atoms with Crippen molar-refractivity contribution in [2.24, 2.45) is 0 Å². The first-order valence-electron chi connectivity index (χ1n) is 6.25. The first kappa shape index (κ1) is 16.3. The number of amides is 3. The second-order valence-corrected chi connectivity index (χ2v) is 6.40. The Labute approximate surface area is 119 Å². The minimum absolute atomic E-state index is 0.331. The number of hydrogen-bond acceptors (Lipinski definition) is 5. The molecule has 120 valence electrons. The summed E-state index contributed by atoms with van der Waals surface area (Å²) in [7, 11) is -4.59. The Balaban J connectivity index is 1.93. The summed E-state index contributed by atoms with van der Waals surface area (Å²) in [5.41, 5.74) is -2.21. The molecule has 2 aliphatic rings. The molecule has 0 radical (unpaired) electrons. The molecule has 1 unspecified atom stereocenters. The lowest BCUT2D eigenvalue weighted by Gasteiger charge is -2.37. The van der Waals surface area contributed by atoms with Crippen molar-refractivity contribution < 1.29 is 37.6 Å². The Kier molecular flexibility index (Phi) is 4.36. The fraction of sp³-hybridized carbons (Fsp3) is 0.800. The highest BCUT2D eigenvalue weighted by Crippen LogP contribution is 2.37. The molecule has 3 amide bonds. The van der Waals surface area contributed by atoms with E-state index < -0.39 is 44.3 Å². The molecule has 0 bridgehead atoms. The maximum Gasteiger partial charge on any atom is 0.469 e. The molecule has 3 atom stereocenters. The van der Waals surface area contributed by atoms with Crippen molar-refractivity contribution in [3.05, 3.63) is 0 Å². The number of carbonyl (C=O) groups is 2. The second kappa shape index (κ2) is 5.62. The quantitative estimate of drug-likeness (QED) is 0.615. The van der Waals surface area contributed by atoms with Crippen molar-refractivity contribution in [1.29, 1.82) is 0 Å². The van der Waals surface area contributed by atoms with Crippen LogP contribution in [0, 0.1) is 0 Å². The van der Waals surface area contributed by atoms with Crippen LogP contribution >= 0.6 is 7.82 Å². The van der Waals surface area contributed by atoms with Crippen LogP contribution in [0.15, 0.2) is 0 Å². The van der Waals surface area contributed by atoms with Crippen LogP contribution in [-0.2, 0) is 18.6 Å². The van der Waals surface area contributed by atoms with Gasteiger partial charge in [-0.15, -0.1) is 0 Å². The molecule has 11 heteroatoms. The summed E-state index contributed by atoms with van der Waals surface area (Å²) in [6.07, 6.45) is -0.629. The number of phosphoric acid groups is 1. The van der Waals surface area contributed by atoms with Gasteiger partial charge in [0.1, 0.15) is 6.23 Å². The molecule has 0 aromatic heterocycles. The van der Waals surface area contributed by atoms with E-state index >= 15 is 0 Å². The predicted octanol–water partition coefficient (Wildman–Crippen LogP) is -0.119. The van der Waals surface area contributed by atoms with E-state index in [4.69, 9.17) is 14.5 Å². The molecular weight excluding hydrogens is 310 g/mol. The highest BCUT2D eigenvalue weighted by Gasteiger charge is 2.46. The van der Waals surface area contributed by atoms with Crippen LogP contribution in [0.3, 0.4) is 0 Å². The third-order valence-electron chi connectivity index (χ3n) is 3.28. The van der Waals surface area contributed by atoms with Gasteiger partial charge in [-0.1, -0.05) is 0 Å². The average molecular weight is 326 g/mol. The summed E-state index contributed by atoms with van der Waals surface area (Å²) in [6.45, 7) is 0.293. The Morgan fingerprint density at radius 1 is 1.52 bits per heavy atom. The zero-order valence-corrected chi connectivity index (χ0v) is 12.1.